The molecule has 1 amide bonds. The molecule has 1 aliphatic rings. The van der Waals surface area contributed by atoms with Crippen molar-refractivity contribution < 1.29 is 9.18 Å². The first kappa shape index (κ1) is 21.7. The number of carbonyl (C=O) groups is 1. The number of hydrogen-bond donors (Lipinski definition) is 1. The molecule has 4 rings (SSSR count). The lowest BCUT2D eigenvalue weighted by molar-refractivity contribution is -0.125. The van der Waals surface area contributed by atoms with E-state index in [1.165, 1.54) is 28.4 Å². The maximum absolute atomic E-state index is 13.6. The SMILES string of the molecule is CCc1ccc(CNC(=O)[C@@H]2CCCN(c3ccc(=O)n(-c4cccc(F)c4)n3)C2)cc1. The zero-order valence-electron chi connectivity index (χ0n) is 18.1. The summed E-state index contributed by atoms with van der Waals surface area (Å²) in [5.74, 6) is 0.0323. The molecule has 3 aromatic rings. The number of aryl methyl sites for hydroxylation is 1. The van der Waals surface area contributed by atoms with Gasteiger partial charge >= 0.3 is 0 Å². The molecule has 0 unspecified atom stereocenters. The molecule has 7 heteroatoms. The minimum atomic E-state index is -0.430. The zero-order valence-corrected chi connectivity index (χ0v) is 18.1. The van der Waals surface area contributed by atoms with Crippen molar-refractivity contribution in [3.8, 4) is 5.69 Å². The topological polar surface area (TPSA) is 67.2 Å². The molecule has 6 nitrogen and oxygen atoms in total. The van der Waals surface area contributed by atoms with E-state index in [1.54, 1.807) is 18.2 Å². The number of anilines is 1. The van der Waals surface area contributed by atoms with Crippen molar-refractivity contribution >= 4 is 11.7 Å². The van der Waals surface area contributed by atoms with E-state index in [4.69, 9.17) is 0 Å². The molecule has 1 aliphatic heterocycles. The lowest BCUT2D eigenvalue weighted by Gasteiger charge is -2.33. The van der Waals surface area contributed by atoms with Crippen molar-refractivity contribution in [3.05, 3.63) is 88.0 Å². The average molecular weight is 435 g/mol. The Labute approximate surface area is 186 Å². The molecule has 1 fully saturated rings. The summed E-state index contributed by atoms with van der Waals surface area (Å²) in [6.45, 7) is 3.89. The third-order valence-electron chi connectivity index (χ3n) is 5.85. The highest BCUT2D eigenvalue weighted by Gasteiger charge is 2.26. The van der Waals surface area contributed by atoms with Crippen LogP contribution in [0.5, 0.6) is 0 Å². The molecule has 0 spiro atoms. The molecule has 166 valence electrons. The molecule has 2 aromatic carbocycles. The Morgan fingerprint density at radius 2 is 1.91 bits per heavy atom. The van der Waals surface area contributed by atoms with Crippen molar-refractivity contribution in [2.75, 3.05) is 18.0 Å². The van der Waals surface area contributed by atoms with Crippen molar-refractivity contribution in [1.82, 2.24) is 15.1 Å². The number of halogens is 1. The van der Waals surface area contributed by atoms with Crippen molar-refractivity contribution in [3.63, 3.8) is 0 Å². The molecule has 32 heavy (non-hydrogen) atoms. The lowest BCUT2D eigenvalue weighted by atomic mass is 9.97. The summed E-state index contributed by atoms with van der Waals surface area (Å²) in [4.78, 5) is 27.1. The minimum absolute atomic E-state index is 0.0210. The second-order valence-corrected chi connectivity index (χ2v) is 8.09. The fourth-order valence-electron chi connectivity index (χ4n) is 3.99. The maximum atomic E-state index is 13.6. The lowest BCUT2D eigenvalue weighted by Crippen LogP contribution is -2.43. The number of nitrogens with one attached hydrogen (secondary N) is 1. The zero-order chi connectivity index (χ0) is 22.5. The molecule has 0 radical (unpaired) electrons. The van der Waals surface area contributed by atoms with E-state index in [0.717, 1.165) is 31.4 Å². The quantitative estimate of drug-likeness (QED) is 0.645. The Bertz CT molecular complexity index is 1140. The van der Waals surface area contributed by atoms with Crippen molar-refractivity contribution in [1.29, 1.82) is 0 Å². The maximum Gasteiger partial charge on any atom is 0.271 e. The van der Waals surface area contributed by atoms with Crippen molar-refractivity contribution in [2.24, 2.45) is 5.92 Å². The average Bonchev–Trinajstić information content (AvgIpc) is 2.83. The third-order valence-corrected chi connectivity index (χ3v) is 5.85. The molecule has 1 saturated heterocycles. The Balaban J connectivity index is 1.43. The van der Waals surface area contributed by atoms with Crippen LogP contribution in [0.4, 0.5) is 10.2 Å². The second-order valence-electron chi connectivity index (χ2n) is 8.09. The van der Waals surface area contributed by atoms with E-state index in [2.05, 4.69) is 29.5 Å². The summed E-state index contributed by atoms with van der Waals surface area (Å²) in [7, 11) is 0. The van der Waals surface area contributed by atoms with Crippen LogP contribution in [0.2, 0.25) is 0 Å². The predicted molar refractivity (Wildman–Crippen MR) is 122 cm³/mol. The number of piperidine rings is 1. The monoisotopic (exact) mass is 434 g/mol. The minimum Gasteiger partial charge on any atom is -0.354 e. The Morgan fingerprint density at radius 1 is 1.12 bits per heavy atom. The second kappa shape index (κ2) is 9.77. The number of nitrogens with zero attached hydrogens (tertiary/aromatic N) is 3. The van der Waals surface area contributed by atoms with Gasteiger partial charge in [-0.15, -0.1) is 5.10 Å². The van der Waals surface area contributed by atoms with E-state index in [9.17, 15) is 14.0 Å². The molecule has 0 saturated carbocycles. The third kappa shape index (κ3) is 5.04. The predicted octanol–water partition coefficient (Wildman–Crippen LogP) is 3.47. The van der Waals surface area contributed by atoms with Crippen LogP contribution in [-0.2, 0) is 17.8 Å². The van der Waals surface area contributed by atoms with Gasteiger partial charge in [0.1, 0.15) is 11.6 Å². The summed E-state index contributed by atoms with van der Waals surface area (Å²) >= 11 is 0. The van der Waals surface area contributed by atoms with Crippen LogP contribution in [0.15, 0.2) is 65.5 Å². The number of benzene rings is 2. The largest absolute Gasteiger partial charge is 0.354 e. The fourth-order valence-corrected chi connectivity index (χ4v) is 3.99. The molecule has 2 heterocycles. The first-order chi connectivity index (χ1) is 15.5. The Hall–Kier alpha value is -3.48. The highest BCUT2D eigenvalue weighted by molar-refractivity contribution is 5.79. The molecule has 0 bridgehead atoms. The van der Waals surface area contributed by atoms with E-state index >= 15 is 0 Å². The Morgan fingerprint density at radius 3 is 2.66 bits per heavy atom. The first-order valence-electron chi connectivity index (χ1n) is 11.0. The van der Waals surface area contributed by atoms with Gasteiger partial charge in [-0.05, 0) is 54.7 Å². The van der Waals surface area contributed by atoms with Crippen LogP contribution in [0, 0.1) is 11.7 Å². The van der Waals surface area contributed by atoms with E-state index in [0.29, 0.717) is 24.6 Å². The number of carbonyl (C=O) groups excluding carboxylic acids is 1. The van der Waals surface area contributed by atoms with Crippen LogP contribution < -0.4 is 15.8 Å². The normalized spacial score (nSPS) is 16.1. The summed E-state index contributed by atoms with van der Waals surface area (Å²) < 4.78 is 14.8. The van der Waals surface area contributed by atoms with Gasteiger partial charge in [0.15, 0.2) is 0 Å². The van der Waals surface area contributed by atoms with E-state index in [1.807, 2.05) is 17.0 Å². The van der Waals surface area contributed by atoms with E-state index in [-0.39, 0.29) is 17.4 Å². The summed E-state index contributed by atoms with van der Waals surface area (Å²) in [6.07, 6.45) is 2.65. The molecule has 1 N–H and O–H groups in total. The van der Waals surface area contributed by atoms with Crippen LogP contribution >= 0.6 is 0 Å². The van der Waals surface area contributed by atoms with Gasteiger partial charge in [-0.25, -0.2) is 4.39 Å². The number of aromatic nitrogens is 2. The van der Waals surface area contributed by atoms with E-state index < -0.39 is 5.82 Å². The first-order valence-corrected chi connectivity index (χ1v) is 11.0. The summed E-state index contributed by atoms with van der Waals surface area (Å²) in [5.41, 5.74) is 2.39. The standard InChI is InChI=1S/C25H27FN4O2/c1-2-18-8-10-19(11-9-18)16-27-25(32)20-5-4-14-29(17-20)23-12-13-24(31)30(28-23)22-7-3-6-21(26)15-22/h3,6-13,15,20H,2,4-5,14,16-17H2,1H3,(H,27,32)/t20-/m1/s1. The highest BCUT2D eigenvalue weighted by atomic mass is 19.1. The van der Waals surface area contributed by atoms with Gasteiger partial charge in [0.2, 0.25) is 5.91 Å². The molecular weight excluding hydrogens is 407 g/mol. The van der Waals surface area contributed by atoms with Gasteiger partial charge in [0.25, 0.3) is 5.56 Å². The number of hydrogen-bond acceptors (Lipinski definition) is 4. The molecular formula is C25H27FN4O2. The van der Waals surface area contributed by atoms with Gasteiger partial charge in [0, 0.05) is 25.7 Å². The van der Waals surface area contributed by atoms with Gasteiger partial charge in [-0.3, -0.25) is 9.59 Å². The van der Waals surface area contributed by atoms with Crippen LogP contribution in [0.3, 0.4) is 0 Å². The smallest absolute Gasteiger partial charge is 0.271 e. The summed E-state index contributed by atoms with van der Waals surface area (Å²) in [6, 6.07) is 17.1. The van der Waals surface area contributed by atoms with Crippen LogP contribution in [0.25, 0.3) is 5.69 Å². The Kier molecular flexibility index (Phi) is 6.63. The fraction of sp³-hybridized carbons (Fsp3) is 0.320. The van der Waals surface area contributed by atoms with Gasteiger partial charge in [-0.2, -0.15) is 4.68 Å². The van der Waals surface area contributed by atoms with Gasteiger partial charge < -0.3 is 10.2 Å². The molecule has 1 atom stereocenters. The number of amides is 1. The molecule has 1 aromatic heterocycles. The molecule has 0 aliphatic carbocycles. The van der Waals surface area contributed by atoms with Gasteiger partial charge in [0.05, 0.1) is 11.6 Å². The summed E-state index contributed by atoms with van der Waals surface area (Å²) in [5, 5.41) is 7.49. The van der Waals surface area contributed by atoms with Gasteiger partial charge in [-0.1, -0.05) is 37.3 Å². The number of rotatable bonds is 6. The van der Waals surface area contributed by atoms with Crippen LogP contribution in [-0.4, -0.2) is 28.8 Å². The highest BCUT2D eigenvalue weighted by Crippen LogP contribution is 2.22. The van der Waals surface area contributed by atoms with Crippen molar-refractivity contribution in [2.45, 2.75) is 32.7 Å². The van der Waals surface area contributed by atoms with Crippen LogP contribution in [0.1, 0.15) is 30.9 Å².